The molecule has 0 bridgehead atoms. The van der Waals surface area contributed by atoms with Crippen molar-refractivity contribution in [3.63, 3.8) is 0 Å². The van der Waals surface area contributed by atoms with E-state index in [1.54, 1.807) is 18.2 Å². The number of hydrogen-bond donors (Lipinski definition) is 1. The van der Waals surface area contributed by atoms with Gasteiger partial charge in [-0.05, 0) is 63.1 Å². The van der Waals surface area contributed by atoms with Crippen LogP contribution in [-0.2, 0) is 4.79 Å². The van der Waals surface area contributed by atoms with Crippen LogP contribution in [0.1, 0.15) is 26.2 Å². The highest BCUT2D eigenvalue weighted by Crippen LogP contribution is 2.29. The Morgan fingerprint density at radius 1 is 1.17 bits per heavy atom. The van der Waals surface area contributed by atoms with E-state index in [4.69, 9.17) is 4.74 Å². The second kappa shape index (κ2) is 8.82. The number of ether oxygens (including phenoxy) is 1. The molecule has 2 atom stereocenters. The SMILES string of the molecule is CC1CCCN1C1CCN(c2ccc(NC(=O)COc3ccccc3)c(F)c2)C1. The number of rotatable bonds is 6. The van der Waals surface area contributed by atoms with Crippen LogP contribution in [0, 0.1) is 5.82 Å². The third-order valence-electron chi connectivity index (χ3n) is 5.94. The minimum atomic E-state index is -0.423. The molecule has 0 saturated carbocycles. The zero-order valence-corrected chi connectivity index (χ0v) is 16.8. The van der Waals surface area contributed by atoms with E-state index in [1.165, 1.54) is 25.5 Å². The molecule has 2 aliphatic heterocycles. The van der Waals surface area contributed by atoms with E-state index in [2.05, 4.69) is 22.0 Å². The molecule has 2 unspecified atom stereocenters. The second-order valence-electron chi connectivity index (χ2n) is 7.93. The van der Waals surface area contributed by atoms with E-state index in [9.17, 15) is 9.18 Å². The summed E-state index contributed by atoms with van der Waals surface area (Å²) in [4.78, 5) is 16.9. The first-order chi connectivity index (χ1) is 14.1. The molecule has 2 heterocycles. The van der Waals surface area contributed by atoms with Gasteiger partial charge in [0.05, 0.1) is 5.69 Å². The number of anilines is 2. The van der Waals surface area contributed by atoms with Crippen LogP contribution in [0.5, 0.6) is 5.75 Å². The van der Waals surface area contributed by atoms with Gasteiger partial charge in [0.15, 0.2) is 6.61 Å². The zero-order valence-electron chi connectivity index (χ0n) is 16.8. The summed E-state index contributed by atoms with van der Waals surface area (Å²) in [6, 6.07) is 15.3. The molecule has 0 spiro atoms. The zero-order chi connectivity index (χ0) is 20.2. The van der Waals surface area contributed by atoms with Crippen LogP contribution in [0.2, 0.25) is 0 Å². The van der Waals surface area contributed by atoms with E-state index >= 15 is 0 Å². The van der Waals surface area contributed by atoms with Crippen molar-refractivity contribution in [3.05, 3.63) is 54.3 Å². The maximum absolute atomic E-state index is 14.6. The number of carbonyl (C=O) groups is 1. The lowest BCUT2D eigenvalue weighted by molar-refractivity contribution is -0.118. The highest BCUT2D eigenvalue weighted by atomic mass is 19.1. The maximum atomic E-state index is 14.6. The Hall–Kier alpha value is -2.60. The third-order valence-corrected chi connectivity index (χ3v) is 5.94. The second-order valence-corrected chi connectivity index (χ2v) is 7.93. The molecule has 1 amide bonds. The number of halogens is 1. The molecule has 2 aromatic rings. The molecular formula is C23H28FN3O2. The fraction of sp³-hybridized carbons (Fsp3) is 0.435. The van der Waals surface area contributed by atoms with Crippen LogP contribution in [0.3, 0.4) is 0 Å². The first-order valence-corrected chi connectivity index (χ1v) is 10.4. The first-order valence-electron chi connectivity index (χ1n) is 10.4. The number of carbonyl (C=O) groups excluding carboxylic acids is 1. The van der Waals surface area contributed by atoms with E-state index in [-0.39, 0.29) is 18.2 Å². The highest BCUT2D eigenvalue weighted by Gasteiger charge is 2.33. The molecule has 29 heavy (non-hydrogen) atoms. The summed E-state index contributed by atoms with van der Waals surface area (Å²) in [7, 11) is 0. The average molecular weight is 397 g/mol. The Kier molecular flexibility index (Phi) is 6.00. The minimum absolute atomic E-state index is 0.160. The quantitative estimate of drug-likeness (QED) is 0.803. The molecule has 4 rings (SSSR count). The van der Waals surface area contributed by atoms with Crippen molar-refractivity contribution in [2.75, 3.05) is 36.5 Å². The fourth-order valence-electron chi connectivity index (χ4n) is 4.40. The van der Waals surface area contributed by atoms with Gasteiger partial charge in [0.1, 0.15) is 11.6 Å². The Bertz CT molecular complexity index is 845. The first kappa shape index (κ1) is 19.7. The smallest absolute Gasteiger partial charge is 0.262 e. The van der Waals surface area contributed by atoms with Gasteiger partial charge in [-0.2, -0.15) is 0 Å². The van der Waals surface area contributed by atoms with Crippen LogP contribution < -0.4 is 15.0 Å². The van der Waals surface area contributed by atoms with Crippen molar-refractivity contribution in [1.82, 2.24) is 4.90 Å². The number of amides is 1. The van der Waals surface area contributed by atoms with Crippen LogP contribution >= 0.6 is 0 Å². The molecule has 2 aromatic carbocycles. The van der Waals surface area contributed by atoms with Crippen LogP contribution in [0.4, 0.5) is 15.8 Å². The molecular weight excluding hydrogens is 369 g/mol. The number of nitrogens with zero attached hydrogens (tertiary/aromatic N) is 2. The van der Waals surface area contributed by atoms with Crippen molar-refractivity contribution in [3.8, 4) is 5.75 Å². The van der Waals surface area contributed by atoms with Gasteiger partial charge in [-0.15, -0.1) is 0 Å². The average Bonchev–Trinajstić information content (AvgIpc) is 3.37. The van der Waals surface area contributed by atoms with Gasteiger partial charge in [-0.1, -0.05) is 18.2 Å². The van der Waals surface area contributed by atoms with Gasteiger partial charge in [0.2, 0.25) is 0 Å². The highest BCUT2D eigenvalue weighted by molar-refractivity contribution is 5.92. The van der Waals surface area contributed by atoms with Crippen LogP contribution in [0.25, 0.3) is 0 Å². The van der Waals surface area contributed by atoms with Crippen LogP contribution in [0.15, 0.2) is 48.5 Å². The van der Waals surface area contributed by atoms with Crippen LogP contribution in [-0.4, -0.2) is 49.1 Å². The summed E-state index contributed by atoms with van der Waals surface area (Å²) in [6.07, 6.45) is 3.66. The minimum Gasteiger partial charge on any atom is -0.484 e. The summed E-state index contributed by atoms with van der Waals surface area (Å²) in [5, 5.41) is 2.59. The largest absolute Gasteiger partial charge is 0.484 e. The Labute approximate surface area is 171 Å². The van der Waals surface area contributed by atoms with Crippen molar-refractivity contribution in [2.24, 2.45) is 0 Å². The number of benzene rings is 2. The van der Waals surface area contributed by atoms with Crippen molar-refractivity contribution in [1.29, 1.82) is 0 Å². The summed E-state index contributed by atoms with van der Waals surface area (Å²) in [5.41, 5.74) is 1.05. The molecule has 6 heteroatoms. The summed E-state index contributed by atoms with van der Waals surface area (Å²) < 4.78 is 20.0. The van der Waals surface area contributed by atoms with Gasteiger partial charge in [-0.3, -0.25) is 9.69 Å². The van der Waals surface area contributed by atoms with Gasteiger partial charge in [-0.25, -0.2) is 4.39 Å². The molecule has 0 aromatic heterocycles. The summed E-state index contributed by atoms with van der Waals surface area (Å²) in [6.45, 7) is 5.18. The Morgan fingerprint density at radius 2 is 2.00 bits per heavy atom. The number of para-hydroxylation sites is 1. The molecule has 0 radical (unpaired) electrons. The Morgan fingerprint density at radius 3 is 2.72 bits per heavy atom. The molecule has 2 fully saturated rings. The standard InChI is InChI=1S/C23H28FN3O2/c1-17-6-5-12-27(17)19-11-13-26(15-19)18-9-10-22(21(24)14-18)25-23(28)16-29-20-7-3-2-4-8-20/h2-4,7-10,14,17,19H,5-6,11-13,15-16H2,1H3,(H,25,28). The predicted molar refractivity (Wildman–Crippen MR) is 113 cm³/mol. The lowest BCUT2D eigenvalue weighted by Gasteiger charge is -2.28. The van der Waals surface area contributed by atoms with Crippen molar-refractivity contribution >= 4 is 17.3 Å². The molecule has 1 N–H and O–H groups in total. The monoisotopic (exact) mass is 397 g/mol. The Balaban J connectivity index is 1.32. The van der Waals surface area contributed by atoms with Gasteiger partial charge >= 0.3 is 0 Å². The summed E-state index contributed by atoms with van der Waals surface area (Å²) >= 11 is 0. The van der Waals surface area contributed by atoms with Gasteiger partial charge in [0.25, 0.3) is 5.91 Å². The number of likely N-dealkylation sites (tertiary alicyclic amines) is 1. The maximum Gasteiger partial charge on any atom is 0.262 e. The lowest BCUT2D eigenvalue weighted by atomic mass is 10.2. The van der Waals surface area contributed by atoms with E-state index in [0.29, 0.717) is 17.8 Å². The number of nitrogens with one attached hydrogen (secondary N) is 1. The molecule has 5 nitrogen and oxygen atoms in total. The van der Waals surface area contributed by atoms with Gasteiger partial charge < -0.3 is 15.0 Å². The van der Waals surface area contributed by atoms with E-state index in [1.807, 2.05) is 24.3 Å². The molecule has 2 aliphatic rings. The lowest BCUT2D eigenvalue weighted by Crippen LogP contribution is -2.39. The van der Waals surface area contributed by atoms with Crippen molar-refractivity contribution in [2.45, 2.75) is 38.3 Å². The molecule has 2 saturated heterocycles. The molecule has 0 aliphatic carbocycles. The van der Waals surface area contributed by atoms with E-state index in [0.717, 1.165) is 25.2 Å². The normalized spacial score (nSPS) is 22.1. The fourth-order valence-corrected chi connectivity index (χ4v) is 4.40. The van der Waals surface area contributed by atoms with Gasteiger partial charge in [0, 0.05) is 30.9 Å². The van der Waals surface area contributed by atoms with Crippen molar-refractivity contribution < 1.29 is 13.9 Å². The third kappa shape index (κ3) is 4.70. The van der Waals surface area contributed by atoms with E-state index < -0.39 is 5.82 Å². The molecule has 154 valence electrons. The predicted octanol–water partition coefficient (Wildman–Crippen LogP) is 3.91. The topological polar surface area (TPSA) is 44.8 Å². The summed E-state index contributed by atoms with van der Waals surface area (Å²) in [5.74, 6) is -0.201. The number of hydrogen-bond acceptors (Lipinski definition) is 4.